The van der Waals surface area contributed by atoms with Gasteiger partial charge in [0.25, 0.3) is 0 Å². The third-order valence-electron chi connectivity index (χ3n) is 5.76. The highest BCUT2D eigenvalue weighted by molar-refractivity contribution is 5.70. The Kier molecular flexibility index (Phi) is 2.51. The molecule has 5 heteroatoms. The van der Waals surface area contributed by atoms with Crippen LogP contribution in [0.15, 0.2) is 0 Å². The van der Waals surface area contributed by atoms with Gasteiger partial charge in [-0.25, -0.2) is 0 Å². The predicted molar refractivity (Wildman–Crippen MR) is 72.2 cm³/mol. The van der Waals surface area contributed by atoms with Crippen molar-refractivity contribution in [2.24, 2.45) is 24.8 Å². The Bertz CT molecular complexity index is 528. The van der Waals surface area contributed by atoms with Crippen LogP contribution in [-0.2, 0) is 23.7 Å². The quantitative estimate of drug-likeness (QED) is 0.915. The molecule has 0 aromatic carbocycles. The second kappa shape index (κ2) is 4.06. The highest BCUT2D eigenvalue weighted by Crippen LogP contribution is 2.60. The number of aliphatic carboxylic acids is 1. The average molecular weight is 275 g/mol. The maximum Gasteiger partial charge on any atom is 0.309 e. The second-order valence-corrected chi connectivity index (χ2v) is 7.28. The summed E-state index contributed by atoms with van der Waals surface area (Å²) in [4.78, 5) is 11.1. The zero-order chi connectivity index (χ0) is 13.9. The fourth-order valence-electron chi connectivity index (χ4n) is 5.71. The zero-order valence-corrected chi connectivity index (χ0v) is 11.9. The summed E-state index contributed by atoms with van der Waals surface area (Å²) in [5, 5.41) is 17.4. The standard InChI is InChI=1S/C15H21N3O2/c1-18-14(12(16-17-18)5-13(19)20)15-6-9-2-10(7-15)4-11(3-9)8-15/h9-11H,2-8H2,1H3,(H,19,20). The molecule has 5 nitrogen and oxygen atoms in total. The first-order chi connectivity index (χ1) is 9.56. The lowest BCUT2D eigenvalue weighted by Gasteiger charge is -2.56. The lowest BCUT2D eigenvalue weighted by Crippen LogP contribution is -2.49. The van der Waals surface area contributed by atoms with Crippen LogP contribution in [0.3, 0.4) is 0 Å². The van der Waals surface area contributed by atoms with Gasteiger partial charge in [-0.15, -0.1) is 5.10 Å². The molecule has 0 spiro atoms. The number of carboxylic acid groups (broad SMARTS) is 1. The summed E-state index contributed by atoms with van der Waals surface area (Å²) in [6, 6.07) is 0. The Hall–Kier alpha value is -1.39. The van der Waals surface area contributed by atoms with Crippen molar-refractivity contribution in [1.29, 1.82) is 0 Å². The first kappa shape index (κ1) is 12.4. The van der Waals surface area contributed by atoms with E-state index < -0.39 is 5.97 Å². The van der Waals surface area contributed by atoms with E-state index in [1.165, 1.54) is 38.5 Å². The van der Waals surface area contributed by atoms with Crippen LogP contribution in [-0.4, -0.2) is 26.1 Å². The molecule has 4 aliphatic rings. The Labute approximate surface area is 118 Å². The van der Waals surface area contributed by atoms with Gasteiger partial charge in [-0.1, -0.05) is 5.21 Å². The molecule has 1 aromatic rings. The molecule has 0 saturated heterocycles. The molecule has 20 heavy (non-hydrogen) atoms. The van der Waals surface area contributed by atoms with Crippen molar-refractivity contribution in [2.45, 2.75) is 50.4 Å². The second-order valence-electron chi connectivity index (χ2n) is 7.28. The summed E-state index contributed by atoms with van der Waals surface area (Å²) in [6.07, 6.45) is 7.81. The van der Waals surface area contributed by atoms with Crippen molar-refractivity contribution < 1.29 is 9.90 Å². The van der Waals surface area contributed by atoms with E-state index in [9.17, 15) is 4.79 Å². The minimum absolute atomic E-state index is 0.00488. The van der Waals surface area contributed by atoms with Crippen molar-refractivity contribution in [1.82, 2.24) is 15.0 Å². The number of rotatable bonds is 3. The third-order valence-corrected chi connectivity index (χ3v) is 5.76. The molecule has 0 aliphatic heterocycles. The van der Waals surface area contributed by atoms with Gasteiger partial charge >= 0.3 is 5.97 Å². The number of aryl methyl sites for hydroxylation is 1. The molecule has 1 aromatic heterocycles. The van der Waals surface area contributed by atoms with Gasteiger partial charge < -0.3 is 5.11 Å². The summed E-state index contributed by atoms with van der Waals surface area (Å²) < 4.78 is 1.85. The molecule has 0 atom stereocenters. The predicted octanol–water partition coefficient (Wildman–Crippen LogP) is 1.91. The summed E-state index contributed by atoms with van der Waals surface area (Å²) in [7, 11) is 1.92. The minimum Gasteiger partial charge on any atom is -0.481 e. The minimum atomic E-state index is -0.809. The summed E-state index contributed by atoms with van der Waals surface area (Å²) in [5.41, 5.74) is 1.98. The molecular weight excluding hydrogens is 254 g/mol. The molecule has 5 rings (SSSR count). The molecule has 4 bridgehead atoms. The van der Waals surface area contributed by atoms with Gasteiger partial charge in [0.15, 0.2) is 0 Å². The van der Waals surface area contributed by atoms with Crippen molar-refractivity contribution in [2.75, 3.05) is 0 Å². The van der Waals surface area contributed by atoms with E-state index in [4.69, 9.17) is 5.11 Å². The lowest BCUT2D eigenvalue weighted by molar-refractivity contribution is -0.136. The summed E-state index contributed by atoms with van der Waals surface area (Å²) in [6.45, 7) is 0. The number of hydrogen-bond donors (Lipinski definition) is 1. The van der Waals surface area contributed by atoms with Crippen LogP contribution in [0, 0.1) is 17.8 Å². The van der Waals surface area contributed by atoms with E-state index >= 15 is 0 Å². The SMILES string of the molecule is Cn1nnc(CC(=O)O)c1C12CC3CC(CC(C3)C1)C2. The summed E-state index contributed by atoms with van der Waals surface area (Å²) >= 11 is 0. The van der Waals surface area contributed by atoms with Crippen LogP contribution in [0.25, 0.3) is 0 Å². The van der Waals surface area contributed by atoms with E-state index in [0.29, 0.717) is 5.69 Å². The van der Waals surface area contributed by atoms with Crippen LogP contribution in [0.4, 0.5) is 0 Å². The van der Waals surface area contributed by atoms with E-state index in [-0.39, 0.29) is 11.8 Å². The normalized spacial score (nSPS) is 38.4. The molecule has 0 radical (unpaired) electrons. The molecular formula is C15H21N3O2. The Morgan fingerprint density at radius 3 is 2.30 bits per heavy atom. The number of carbonyl (C=O) groups is 1. The number of aromatic nitrogens is 3. The molecule has 4 aliphatic carbocycles. The molecule has 0 unspecified atom stereocenters. The Morgan fingerprint density at radius 1 is 1.25 bits per heavy atom. The molecule has 4 saturated carbocycles. The van der Waals surface area contributed by atoms with Crippen LogP contribution in [0.1, 0.15) is 49.9 Å². The maximum absolute atomic E-state index is 11.1. The van der Waals surface area contributed by atoms with Gasteiger partial charge in [-0.05, 0) is 56.3 Å². The van der Waals surface area contributed by atoms with Gasteiger partial charge in [-0.2, -0.15) is 0 Å². The fraction of sp³-hybridized carbons (Fsp3) is 0.800. The van der Waals surface area contributed by atoms with Gasteiger partial charge in [0.1, 0.15) is 0 Å². The summed E-state index contributed by atoms with van der Waals surface area (Å²) in [5.74, 6) is 1.72. The van der Waals surface area contributed by atoms with Crippen LogP contribution >= 0.6 is 0 Å². The highest BCUT2D eigenvalue weighted by Gasteiger charge is 2.53. The van der Waals surface area contributed by atoms with E-state index in [2.05, 4.69) is 10.3 Å². The molecule has 108 valence electrons. The number of carboxylic acids is 1. The molecule has 4 fully saturated rings. The van der Waals surface area contributed by atoms with Crippen LogP contribution < -0.4 is 0 Å². The monoisotopic (exact) mass is 275 g/mol. The van der Waals surface area contributed by atoms with Crippen molar-refractivity contribution >= 4 is 5.97 Å². The van der Waals surface area contributed by atoms with Gasteiger partial charge in [0.2, 0.25) is 0 Å². The topological polar surface area (TPSA) is 68.0 Å². The van der Waals surface area contributed by atoms with Crippen LogP contribution in [0.5, 0.6) is 0 Å². The maximum atomic E-state index is 11.1. The lowest BCUT2D eigenvalue weighted by atomic mass is 9.48. The molecule has 1 heterocycles. The number of hydrogen-bond acceptors (Lipinski definition) is 3. The van der Waals surface area contributed by atoms with E-state index in [1.807, 2.05) is 11.7 Å². The largest absolute Gasteiger partial charge is 0.481 e. The highest BCUT2D eigenvalue weighted by atomic mass is 16.4. The van der Waals surface area contributed by atoms with Crippen LogP contribution in [0.2, 0.25) is 0 Å². The van der Waals surface area contributed by atoms with E-state index in [0.717, 1.165) is 23.4 Å². The van der Waals surface area contributed by atoms with Crippen molar-refractivity contribution in [3.63, 3.8) is 0 Å². The Balaban J connectivity index is 1.77. The van der Waals surface area contributed by atoms with Gasteiger partial charge in [0.05, 0.1) is 17.8 Å². The Morgan fingerprint density at radius 2 is 1.80 bits per heavy atom. The molecule has 1 N–H and O–H groups in total. The zero-order valence-electron chi connectivity index (χ0n) is 11.9. The van der Waals surface area contributed by atoms with Crippen molar-refractivity contribution in [3.8, 4) is 0 Å². The third kappa shape index (κ3) is 1.71. The smallest absolute Gasteiger partial charge is 0.309 e. The van der Waals surface area contributed by atoms with Gasteiger partial charge in [0, 0.05) is 12.5 Å². The fourth-order valence-corrected chi connectivity index (χ4v) is 5.71. The van der Waals surface area contributed by atoms with E-state index in [1.54, 1.807) is 0 Å². The molecule has 0 amide bonds. The average Bonchev–Trinajstić information content (AvgIpc) is 2.68. The van der Waals surface area contributed by atoms with Gasteiger partial charge in [-0.3, -0.25) is 9.48 Å². The first-order valence-electron chi connectivity index (χ1n) is 7.66. The number of nitrogens with zero attached hydrogens (tertiary/aromatic N) is 3. The first-order valence-corrected chi connectivity index (χ1v) is 7.66. The van der Waals surface area contributed by atoms with Crippen molar-refractivity contribution in [3.05, 3.63) is 11.4 Å².